The molecule has 18 heavy (non-hydrogen) atoms. The molecule has 0 spiro atoms. The summed E-state index contributed by atoms with van der Waals surface area (Å²) >= 11 is 0. The number of rotatable bonds is 8. The van der Waals surface area contributed by atoms with Crippen molar-refractivity contribution in [2.24, 2.45) is 10.3 Å². The van der Waals surface area contributed by atoms with Gasteiger partial charge in [-0.2, -0.15) is 4.40 Å². The van der Waals surface area contributed by atoms with Gasteiger partial charge < -0.3 is 5.32 Å². The van der Waals surface area contributed by atoms with E-state index in [9.17, 15) is 4.21 Å². The molecule has 4 heteroatoms. The highest BCUT2D eigenvalue weighted by Gasteiger charge is 2.01. The van der Waals surface area contributed by atoms with Crippen LogP contribution in [-0.4, -0.2) is 24.0 Å². The summed E-state index contributed by atoms with van der Waals surface area (Å²) in [5.41, 5.74) is 0.965. The highest BCUT2D eigenvalue weighted by Crippen LogP contribution is 2.07. The number of nitrogens with zero attached hydrogens (tertiary/aromatic N) is 1. The summed E-state index contributed by atoms with van der Waals surface area (Å²) < 4.78 is 15.8. The van der Waals surface area contributed by atoms with Gasteiger partial charge in [-0.25, -0.2) is 4.21 Å². The lowest BCUT2D eigenvalue weighted by Crippen LogP contribution is -2.17. The van der Waals surface area contributed by atoms with E-state index < -0.39 is 11.0 Å². The highest BCUT2D eigenvalue weighted by molar-refractivity contribution is 7.88. The van der Waals surface area contributed by atoms with E-state index in [1.807, 2.05) is 33.0 Å². The quantitative estimate of drug-likeness (QED) is 0.542. The van der Waals surface area contributed by atoms with Gasteiger partial charge in [0.25, 0.3) is 0 Å². The van der Waals surface area contributed by atoms with Crippen molar-refractivity contribution in [3.63, 3.8) is 0 Å². The van der Waals surface area contributed by atoms with Gasteiger partial charge in [-0.15, -0.1) is 0 Å². The zero-order chi connectivity index (χ0) is 14.0. The largest absolute Gasteiger partial charge is 0.319 e. The van der Waals surface area contributed by atoms with Crippen LogP contribution in [0.5, 0.6) is 0 Å². The molecule has 0 aliphatic carbocycles. The summed E-state index contributed by atoms with van der Waals surface area (Å²) in [5.74, 6) is 0.248. The predicted molar refractivity (Wildman–Crippen MR) is 82.0 cm³/mol. The molecular weight excluding hydrogens is 244 g/mol. The smallest absolute Gasteiger partial charge is 0.171 e. The maximum atomic E-state index is 11.8. The van der Waals surface area contributed by atoms with Gasteiger partial charge >= 0.3 is 0 Å². The fourth-order valence-corrected chi connectivity index (χ4v) is 1.91. The first-order valence-electron chi connectivity index (χ1n) is 5.78. The summed E-state index contributed by atoms with van der Waals surface area (Å²) in [4.78, 5) is 0.495. The Balaban J connectivity index is 4.48. The molecule has 0 aromatic rings. The summed E-state index contributed by atoms with van der Waals surface area (Å²) in [6.07, 6.45) is 8.84. The van der Waals surface area contributed by atoms with E-state index in [0.29, 0.717) is 4.91 Å². The van der Waals surface area contributed by atoms with Crippen LogP contribution in [0.15, 0.2) is 52.3 Å². The first-order chi connectivity index (χ1) is 8.51. The third-order valence-electron chi connectivity index (χ3n) is 2.05. The van der Waals surface area contributed by atoms with Crippen LogP contribution < -0.4 is 5.32 Å². The van der Waals surface area contributed by atoms with Crippen LogP contribution in [0.4, 0.5) is 0 Å². The van der Waals surface area contributed by atoms with E-state index in [1.54, 1.807) is 18.4 Å². The molecule has 0 fully saturated rings. The van der Waals surface area contributed by atoms with Gasteiger partial charge in [0.2, 0.25) is 0 Å². The Morgan fingerprint density at radius 2 is 2.22 bits per heavy atom. The minimum Gasteiger partial charge on any atom is -0.319 e. The molecule has 2 unspecified atom stereocenters. The summed E-state index contributed by atoms with van der Waals surface area (Å²) in [5, 5.41) is 3.03. The average Bonchev–Trinajstić information content (AvgIpc) is 2.33. The van der Waals surface area contributed by atoms with Crippen molar-refractivity contribution in [1.29, 1.82) is 0 Å². The molecule has 3 nitrogen and oxygen atoms in total. The Bertz CT molecular complexity index is 395. The Morgan fingerprint density at radius 3 is 2.78 bits per heavy atom. The first-order valence-corrected chi connectivity index (χ1v) is 6.89. The van der Waals surface area contributed by atoms with Crippen molar-refractivity contribution in [1.82, 2.24) is 5.32 Å². The minimum atomic E-state index is -1.40. The Hall–Kier alpha value is -1.26. The molecule has 0 saturated heterocycles. The third-order valence-corrected chi connectivity index (χ3v) is 2.92. The third kappa shape index (κ3) is 7.92. The van der Waals surface area contributed by atoms with Crippen LogP contribution in [-0.2, 0) is 11.0 Å². The Morgan fingerprint density at radius 1 is 1.56 bits per heavy atom. The fourth-order valence-electron chi connectivity index (χ4n) is 1.17. The van der Waals surface area contributed by atoms with Crippen molar-refractivity contribution in [3.8, 4) is 0 Å². The van der Waals surface area contributed by atoms with E-state index >= 15 is 0 Å². The molecule has 0 aromatic carbocycles. The van der Waals surface area contributed by atoms with E-state index in [2.05, 4.69) is 22.9 Å². The molecule has 0 aliphatic rings. The lowest BCUT2D eigenvalue weighted by atomic mass is 10.2. The predicted octanol–water partition coefficient (Wildman–Crippen LogP) is 2.78. The van der Waals surface area contributed by atoms with Gasteiger partial charge in [0.15, 0.2) is 11.0 Å². The molecule has 2 atom stereocenters. The molecule has 0 saturated carbocycles. The van der Waals surface area contributed by atoms with E-state index in [-0.39, 0.29) is 5.92 Å². The van der Waals surface area contributed by atoms with Crippen LogP contribution in [0.25, 0.3) is 0 Å². The molecule has 100 valence electrons. The fraction of sp³-hybridized carbons (Fsp3) is 0.357. The van der Waals surface area contributed by atoms with E-state index in [1.165, 1.54) is 0 Å². The lowest BCUT2D eigenvalue weighted by Gasteiger charge is -2.02. The lowest BCUT2D eigenvalue weighted by molar-refractivity contribution is 0.683. The molecule has 0 aliphatic heterocycles. The summed E-state index contributed by atoms with van der Waals surface area (Å²) in [6, 6.07) is 0. The zero-order valence-electron chi connectivity index (χ0n) is 11.3. The van der Waals surface area contributed by atoms with Gasteiger partial charge in [0.05, 0.1) is 4.91 Å². The number of hydrogen-bond donors (Lipinski definition) is 1. The van der Waals surface area contributed by atoms with Gasteiger partial charge in [-0.1, -0.05) is 38.3 Å². The highest BCUT2D eigenvalue weighted by atomic mass is 32.2. The number of hydrogen-bond acceptors (Lipinski definition) is 2. The van der Waals surface area contributed by atoms with Crippen molar-refractivity contribution in [2.45, 2.75) is 13.8 Å². The second-order valence-electron chi connectivity index (χ2n) is 3.99. The molecule has 0 heterocycles. The average molecular weight is 266 g/mol. The molecule has 0 amide bonds. The second-order valence-corrected chi connectivity index (χ2v) is 5.22. The maximum Gasteiger partial charge on any atom is 0.171 e. The van der Waals surface area contributed by atoms with Crippen LogP contribution >= 0.6 is 0 Å². The topological polar surface area (TPSA) is 41.5 Å². The van der Waals surface area contributed by atoms with E-state index in [4.69, 9.17) is 0 Å². The number of allylic oxidation sites excluding steroid dienone is 5. The van der Waals surface area contributed by atoms with Crippen LogP contribution in [0.3, 0.4) is 0 Å². The summed E-state index contributed by atoms with van der Waals surface area (Å²) in [7, 11) is 0.469. The normalized spacial score (nSPS) is 16.1. The maximum absolute atomic E-state index is 11.8. The van der Waals surface area contributed by atoms with Crippen molar-refractivity contribution >= 4 is 17.2 Å². The Kier molecular flexibility index (Phi) is 9.06. The molecule has 0 rings (SSSR count). The number of nitrogens with one attached hydrogen (secondary N) is 1. The SMILES string of the molecule is C=C/C=C\C(C)=C\C(=C)S(=O)N=CC(C)CNC. The van der Waals surface area contributed by atoms with Crippen molar-refractivity contribution in [2.75, 3.05) is 13.6 Å². The first kappa shape index (κ1) is 16.7. The van der Waals surface area contributed by atoms with Crippen molar-refractivity contribution in [3.05, 3.63) is 47.9 Å². The molecule has 1 N–H and O–H groups in total. The van der Waals surface area contributed by atoms with Gasteiger partial charge in [-0.05, 0) is 25.6 Å². The monoisotopic (exact) mass is 266 g/mol. The van der Waals surface area contributed by atoms with Gasteiger partial charge in [0, 0.05) is 18.7 Å². The van der Waals surface area contributed by atoms with Crippen LogP contribution in [0.1, 0.15) is 13.8 Å². The molecule has 0 radical (unpaired) electrons. The Labute approximate surface area is 113 Å². The van der Waals surface area contributed by atoms with Crippen LogP contribution in [0.2, 0.25) is 0 Å². The molecule has 0 aromatic heterocycles. The zero-order valence-corrected chi connectivity index (χ0v) is 12.2. The second kappa shape index (κ2) is 9.74. The van der Waals surface area contributed by atoms with Crippen molar-refractivity contribution < 1.29 is 4.21 Å². The van der Waals surface area contributed by atoms with Gasteiger partial charge in [-0.3, -0.25) is 0 Å². The standard InChI is InChI=1S/C14H22N2OS/c1-6-7-8-12(2)9-14(4)18(17)16-11-13(3)10-15-5/h6-9,11,13,15H,1,4,10H2,2-3,5H3/b8-7-,12-9+,16-11?. The molecular formula is C14H22N2OS. The summed E-state index contributed by atoms with van der Waals surface area (Å²) in [6.45, 7) is 12.1. The van der Waals surface area contributed by atoms with Gasteiger partial charge in [0.1, 0.15) is 0 Å². The van der Waals surface area contributed by atoms with E-state index in [0.717, 1.165) is 12.1 Å². The van der Waals surface area contributed by atoms with Crippen LogP contribution in [0, 0.1) is 5.92 Å². The molecule has 0 bridgehead atoms. The minimum absolute atomic E-state index is 0.248.